The molecule has 26 heavy (non-hydrogen) atoms. The van der Waals surface area contributed by atoms with Crippen molar-refractivity contribution in [3.8, 4) is 0 Å². The summed E-state index contributed by atoms with van der Waals surface area (Å²) in [5.41, 5.74) is 0.633. The number of nitrogens with zero attached hydrogens (tertiary/aromatic N) is 2. The zero-order chi connectivity index (χ0) is 18.9. The summed E-state index contributed by atoms with van der Waals surface area (Å²) in [6.45, 7) is 2.06. The van der Waals surface area contributed by atoms with Crippen molar-refractivity contribution < 1.29 is 27.8 Å². The van der Waals surface area contributed by atoms with Crippen LogP contribution in [0.5, 0.6) is 0 Å². The zero-order valence-corrected chi connectivity index (χ0v) is 14.9. The molecule has 1 atom stereocenters. The van der Waals surface area contributed by atoms with E-state index in [4.69, 9.17) is 4.74 Å². The number of halogens is 1. The molecule has 1 aromatic rings. The van der Waals surface area contributed by atoms with Crippen molar-refractivity contribution in [3.05, 3.63) is 35.6 Å². The first kappa shape index (κ1) is 18.5. The van der Waals surface area contributed by atoms with E-state index in [1.54, 1.807) is 11.0 Å². The van der Waals surface area contributed by atoms with Gasteiger partial charge in [-0.15, -0.1) is 0 Å². The topological polar surface area (TPSA) is 102 Å². The second-order valence-corrected chi connectivity index (χ2v) is 8.20. The third-order valence-corrected chi connectivity index (χ3v) is 5.44. The van der Waals surface area contributed by atoms with Gasteiger partial charge in [0.15, 0.2) is 0 Å². The maximum absolute atomic E-state index is 14.5. The quantitative estimate of drug-likeness (QED) is 0.735. The molecule has 0 saturated carbocycles. The molecule has 2 amide bonds. The highest BCUT2D eigenvalue weighted by Crippen LogP contribution is 2.43. The highest BCUT2D eigenvalue weighted by molar-refractivity contribution is 8.26. The van der Waals surface area contributed by atoms with E-state index in [1.165, 1.54) is 35.6 Å². The minimum Gasteiger partial charge on any atom is -0.442 e. The Kier molecular flexibility index (Phi) is 5.08. The van der Waals surface area contributed by atoms with Crippen LogP contribution in [0.25, 0.3) is 0 Å². The van der Waals surface area contributed by atoms with Crippen molar-refractivity contribution in [1.29, 1.82) is 0 Å². The minimum atomic E-state index is -2.73. The van der Waals surface area contributed by atoms with Crippen molar-refractivity contribution in [2.75, 3.05) is 35.2 Å². The van der Waals surface area contributed by atoms with E-state index in [2.05, 4.69) is 5.32 Å². The van der Waals surface area contributed by atoms with E-state index in [1.807, 2.05) is 0 Å². The fourth-order valence-electron chi connectivity index (χ4n) is 2.74. The molecule has 0 unspecified atom stereocenters. The van der Waals surface area contributed by atoms with Gasteiger partial charge in [0.1, 0.15) is 11.9 Å². The molecule has 10 heteroatoms. The molecule has 3 N–H and O–H groups in total. The molecule has 0 bridgehead atoms. The van der Waals surface area contributed by atoms with Crippen LogP contribution in [0.2, 0.25) is 0 Å². The Labute approximate surface area is 151 Å². The van der Waals surface area contributed by atoms with Crippen LogP contribution in [0.15, 0.2) is 29.8 Å². The summed E-state index contributed by atoms with van der Waals surface area (Å²) >= 11 is 0. The Morgan fingerprint density at radius 2 is 2.23 bits per heavy atom. The van der Waals surface area contributed by atoms with Crippen molar-refractivity contribution >= 4 is 34.0 Å². The summed E-state index contributed by atoms with van der Waals surface area (Å²) in [6.07, 6.45) is 0.355. The molecule has 1 saturated heterocycles. The van der Waals surface area contributed by atoms with Gasteiger partial charge in [0.2, 0.25) is 5.91 Å². The Balaban J connectivity index is 1.72. The van der Waals surface area contributed by atoms with E-state index in [-0.39, 0.29) is 37.0 Å². The number of anilines is 2. The Hall–Kier alpha value is -2.30. The molecule has 0 radical (unpaired) electrons. The summed E-state index contributed by atoms with van der Waals surface area (Å²) in [7, 11) is -2.73. The first-order valence-electron chi connectivity index (χ1n) is 7.98. The first-order chi connectivity index (χ1) is 12.2. The van der Waals surface area contributed by atoms with Gasteiger partial charge in [0.25, 0.3) is 0 Å². The maximum atomic E-state index is 14.5. The number of amides is 2. The predicted octanol–water partition coefficient (Wildman–Crippen LogP) is 2.33. The number of hydrogen-bond donors (Lipinski definition) is 3. The Morgan fingerprint density at radius 3 is 2.85 bits per heavy atom. The van der Waals surface area contributed by atoms with E-state index in [9.17, 15) is 23.1 Å². The summed E-state index contributed by atoms with van der Waals surface area (Å²) in [5, 5.41) is 3.85. The van der Waals surface area contributed by atoms with Gasteiger partial charge >= 0.3 is 6.09 Å². The zero-order valence-electron chi connectivity index (χ0n) is 14.1. The molecule has 2 aliphatic rings. The highest BCUT2D eigenvalue weighted by atomic mass is 32.3. The average Bonchev–Trinajstić information content (AvgIpc) is 2.94. The van der Waals surface area contributed by atoms with Gasteiger partial charge in [-0.05, 0) is 18.2 Å². The van der Waals surface area contributed by atoms with Crippen LogP contribution >= 0.6 is 10.6 Å². The van der Waals surface area contributed by atoms with Crippen LogP contribution < -0.4 is 15.1 Å². The third-order valence-electron chi connectivity index (χ3n) is 4.10. The molecule has 8 nitrogen and oxygen atoms in total. The molecule has 3 rings (SSSR count). The van der Waals surface area contributed by atoms with E-state index in [0.717, 1.165) is 0 Å². The molecule has 0 aromatic heterocycles. The third kappa shape index (κ3) is 4.09. The molecule has 2 heterocycles. The SMILES string of the molecule is CC(=O)NC[C@H]1CN(c2ccc(N3C=CS(O)(O)CC3)c(F)c2)C(=O)O1. The van der Waals surface area contributed by atoms with Crippen molar-refractivity contribution in [1.82, 2.24) is 5.32 Å². The summed E-state index contributed by atoms with van der Waals surface area (Å²) < 4.78 is 38.8. The van der Waals surface area contributed by atoms with E-state index < -0.39 is 28.6 Å². The molecule has 0 aliphatic carbocycles. The van der Waals surface area contributed by atoms with Crippen LogP contribution in [-0.4, -0.2) is 52.6 Å². The van der Waals surface area contributed by atoms with Gasteiger partial charge in [0, 0.05) is 25.1 Å². The van der Waals surface area contributed by atoms with Crippen molar-refractivity contribution in [2.45, 2.75) is 13.0 Å². The molecule has 2 aliphatic heterocycles. The second-order valence-electron chi connectivity index (χ2n) is 6.09. The largest absolute Gasteiger partial charge is 0.442 e. The highest BCUT2D eigenvalue weighted by Gasteiger charge is 2.33. The van der Waals surface area contributed by atoms with Crippen LogP contribution in [0.1, 0.15) is 6.92 Å². The van der Waals surface area contributed by atoms with Crippen LogP contribution in [-0.2, 0) is 9.53 Å². The number of carbonyl (C=O) groups excluding carboxylic acids is 2. The van der Waals surface area contributed by atoms with Gasteiger partial charge in [-0.3, -0.25) is 18.8 Å². The lowest BCUT2D eigenvalue weighted by Crippen LogP contribution is -2.33. The standard InChI is InChI=1S/C16H20FN3O5S/c1-11(21)18-9-13-10-20(16(22)25-13)12-2-3-15(14(17)8-12)19-4-6-26(23,24)7-5-19/h2-4,6,8,13,23-24H,5,7,9-10H2,1H3,(H,18,21)/t13-/m0/s1. The molecule has 142 valence electrons. The number of benzene rings is 1. The summed E-state index contributed by atoms with van der Waals surface area (Å²) in [5.74, 6) is -0.627. The molecule has 0 spiro atoms. The normalized spacial score (nSPS) is 22.9. The monoisotopic (exact) mass is 385 g/mol. The lowest BCUT2D eigenvalue weighted by molar-refractivity contribution is -0.119. The fourth-order valence-corrected chi connectivity index (χ4v) is 3.68. The minimum absolute atomic E-state index is 0.133. The van der Waals surface area contributed by atoms with Gasteiger partial charge in [-0.2, -0.15) is 10.6 Å². The number of cyclic esters (lactones) is 1. The van der Waals surface area contributed by atoms with Crippen molar-refractivity contribution in [3.63, 3.8) is 0 Å². The Morgan fingerprint density at radius 1 is 1.46 bits per heavy atom. The number of carbonyl (C=O) groups is 2. The van der Waals surface area contributed by atoms with Gasteiger partial charge < -0.3 is 15.0 Å². The average molecular weight is 385 g/mol. The number of ether oxygens (including phenoxy) is 1. The number of nitrogens with one attached hydrogen (secondary N) is 1. The lowest BCUT2D eigenvalue weighted by Gasteiger charge is -2.36. The van der Waals surface area contributed by atoms with E-state index >= 15 is 0 Å². The summed E-state index contributed by atoms with van der Waals surface area (Å²) in [4.78, 5) is 25.8. The fraction of sp³-hybridized carbons (Fsp3) is 0.375. The smallest absolute Gasteiger partial charge is 0.414 e. The van der Waals surface area contributed by atoms with Gasteiger partial charge in [0.05, 0.1) is 30.2 Å². The number of rotatable bonds is 4. The van der Waals surface area contributed by atoms with Gasteiger partial charge in [-0.25, -0.2) is 9.18 Å². The van der Waals surface area contributed by atoms with E-state index in [0.29, 0.717) is 5.69 Å². The molecular weight excluding hydrogens is 365 g/mol. The second kappa shape index (κ2) is 7.14. The molecule has 1 aromatic carbocycles. The summed E-state index contributed by atoms with van der Waals surface area (Å²) in [6, 6.07) is 4.36. The van der Waals surface area contributed by atoms with Crippen LogP contribution in [0, 0.1) is 5.82 Å². The first-order valence-corrected chi connectivity index (χ1v) is 9.76. The molecular formula is C16H20FN3O5S. The van der Waals surface area contributed by atoms with Crippen LogP contribution in [0.4, 0.5) is 20.6 Å². The van der Waals surface area contributed by atoms with Gasteiger partial charge in [-0.1, -0.05) is 0 Å². The molecule has 1 fully saturated rings. The predicted molar refractivity (Wildman–Crippen MR) is 96.9 cm³/mol. The Bertz CT molecular complexity index is 757. The van der Waals surface area contributed by atoms with Crippen LogP contribution in [0.3, 0.4) is 0 Å². The maximum Gasteiger partial charge on any atom is 0.414 e. The number of hydrogen-bond acceptors (Lipinski definition) is 6. The van der Waals surface area contributed by atoms with Crippen molar-refractivity contribution in [2.24, 2.45) is 0 Å². The lowest BCUT2D eigenvalue weighted by atomic mass is 10.2.